The van der Waals surface area contributed by atoms with E-state index in [9.17, 15) is 4.79 Å². The summed E-state index contributed by atoms with van der Waals surface area (Å²) < 4.78 is 10.4. The molecule has 1 fully saturated rings. The van der Waals surface area contributed by atoms with Crippen LogP contribution in [0.4, 0.5) is 11.9 Å². The van der Waals surface area contributed by atoms with Crippen molar-refractivity contribution in [3.05, 3.63) is 36.0 Å². The number of hydrogen-bond donors (Lipinski definition) is 1. The maximum atomic E-state index is 12.4. The largest absolute Gasteiger partial charge is 0.461 e. The van der Waals surface area contributed by atoms with E-state index in [0.29, 0.717) is 29.2 Å². The number of hydrogen-bond acceptors (Lipinski definition) is 9. The molecule has 3 aromatic heterocycles. The van der Waals surface area contributed by atoms with Crippen molar-refractivity contribution in [2.45, 2.75) is 19.4 Å². The highest BCUT2D eigenvalue weighted by atomic mass is 16.5. The molecule has 1 saturated heterocycles. The van der Waals surface area contributed by atoms with Gasteiger partial charge < -0.3 is 24.1 Å². The number of anilines is 2. The predicted molar refractivity (Wildman–Crippen MR) is 101 cm³/mol. The molecule has 1 aliphatic rings. The molecule has 0 unspecified atom stereocenters. The first-order valence-corrected chi connectivity index (χ1v) is 9.06. The van der Waals surface area contributed by atoms with Crippen molar-refractivity contribution in [2.24, 2.45) is 0 Å². The number of furan rings is 1. The Morgan fingerprint density at radius 3 is 2.75 bits per heavy atom. The first-order chi connectivity index (χ1) is 13.6. The Morgan fingerprint density at radius 1 is 1.21 bits per heavy atom. The fraction of sp³-hybridized carbons (Fsp3) is 0.389. The molecule has 1 aliphatic heterocycles. The quantitative estimate of drug-likeness (QED) is 0.679. The molecule has 3 aromatic rings. The summed E-state index contributed by atoms with van der Waals surface area (Å²) in [6.07, 6.45) is 3.77. The minimum absolute atomic E-state index is 0.159. The van der Waals surface area contributed by atoms with Crippen LogP contribution in [0.25, 0.3) is 11.5 Å². The van der Waals surface area contributed by atoms with Crippen molar-refractivity contribution in [1.29, 1.82) is 0 Å². The summed E-state index contributed by atoms with van der Waals surface area (Å²) in [6, 6.07) is 5.00. The molecule has 4 heterocycles. The molecule has 10 heteroatoms. The van der Waals surface area contributed by atoms with E-state index in [0.717, 1.165) is 25.9 Å². The molecule has 0 bridgehead atoms. The lowest BCUT2D eigenvalue weighted by molar-refractivity contribution is 0.0941. The third-order valence-corrected chi connectivity index (χ3v) is 4.36. The van der Waals surface area contributed by atoms with Gasteiger partial charge in [0, 0.05) is 33.3 Å². The highest BCUT2D eigenvalue weighted by molar-refractivity contribution is 5.92. The molecule has 4 rings (SSSR count). The van der Waals surface area contributed by atoms with E-state index in [1.165, 1.54) is 12.3 Å². The van der Waals surface area contributed by atoms with Gasteiger partial charge in [0.05, 0.1) is 12.8 Å². The summed E-state index contributed by atoms with van der Waals surface area (Å²) in [4.78, 5) is 29.8. The van der Waals surface area contributed by atoms with Gasteiger partial charge in [-0.2, -0.15) is 15.0 Å². The van der Waals surface area contributed by atoms with E-state index in [4.69, 9.17) is 8.94 Å². The predicted octanol–water partition coefficient (Wildman–Crippen LogP) is 1.72. The highest BCUT2D eigenvalue weighted by Gasteiger charge is 2.19. The van der Waals surface area contributed by atoms with Crippen LogP contribution < -0.4 is 15.1 Å². The molecule has 0 spiro atoms. The zero-order valence-electron chi connectivity index (χ0n) is 15.8. The SMILES string of the molecule is CN(C)c1nc(CNC(=O)c2cc(-c3ccco3)on2)nc(N2CCCC2)n1. The van der Waals surface area contributed by atoms with Gasteiger partial charge in [-0.3, -0.25) is 4.79 Å². The van der Waals surface area contributed by atoms with E-state index >= 15 is 0 Å². The molecule has 1 N–H and O–H groups in total. The molecular weight excluding hydrogens is 362 g/mol. The van der Waals surface area contributed by atoms with Crippen LogP contribution in [0, 0.1) is 0 Å². The highest BCUT2D eigenvalue weighted by Crippen LogP contribution is 2.21. The Bertz CT molecular complexity index is 946. The lowest BCUT2D eigenvalue weighted by Crippen LogP contribution is -2.27. The maximum Gasteiger partial charge on any atom is 0.273 e. The maximum absolute atomic E-state index is 12.4. The van der Waals surface area contributed by atoms with Crippen LogP contribution in [0.15, 0.2) is 33.4 Å². The van der Waals surface area contributed by atoms with Gasteiger partial charge in [0.2, 0.25) is 17.7 Å². The Kier molecular flexibility index (Phi) is 4.92. The first kappa shape index (κ1) is 18.0. The van der Waals surface area contributed by atoms with Gasteiger partial charge in [-0.15, -0.1) is 0 Å². The minimum atomic E-state index is -0.379. The van der Waals surface area contributed by atoms with Crippen molar-refractivity contribution in [3.63, 3.8) is 0 Å². The monoisotopic (exact) mass is 383 g/mol. The van der Waals surface area contributed by atoms with Gasteiger partial charge in [0.25, 0.3) is 5.91 Å². The Hall–Kier alpha value is -3.43. The van der Waals surface area contributed by atoms with E-state index in [1.54, 1.807) is 12.1 Å². The van der Waals surface area contributed by atoms with Gasteiger partial charge in [-0.25, -0.2) is 0 Å². The smallest absolute Gasteiger partial charge is 0.273 e. The third kappa shape index (κ3) is 3.80. The minimum Gasteiger partial charge on any atom is -0.461 e. The van der Waals surface area contributed by atoms with E-state index in [1.807, 2.05) is 19.0 Å². The average molecular weight is 383 g/mol. The van der Waals surface area contributed by atoms with Crippen LogP contribution >= 0.6 is 0 Å². The lowest BCUT2D eigenvalue weighted by atomic mass is 10.3. The molecule has 0 aliphatic carbocycles. The third-order valence-electron chi connectivity index (χ3n) is 4.36. The Balaban J connectivity index is 1.47. The number of nitrogens with zero attached hydrogens (tertiary/aromatic N) is 6. The second-order valence-electron chi connectivity index (χ2n) is 6.68. The first-order valence-electron chi connectivity index (χ1n) is 9.06. The van der Waals surface area contributed by atoms with Crippen LogP contribution in [0.1, 0.15) is 29.2 Å². The van der Waals surface area contributed by atoms with E-state index in [2.05, 4.69) is 30.3 Å². The van der Waals surface area contributed by atoms with Gasteiger partial charge >= 0.3 is 0 Å². The van der Waals surface area contributed by atoms with Crippen LogP contribution in [-0.4, -0.2) is 53.2 Å². The fourth-order valence-corrected chi connectivity index (χ4v) is 2.90. The van der Waals surface area contributed by atoms with E-state index < -0.39 is 0 Å². The van der Waals surface area contributed by atoms with Crippen molar-refractivity contribution < 1.29 is 13.7 Å². The number of rotatable bonds is 6. The van der Waals surface area contributed by atoms with Crippen LogP contribution in [0.2, 0.25) is 0 Å². The second kappa shape index (κ2) is 7.67. The molecule has 0 aromatic carbocycles. The van der Waals surface area contributed by atoms with Crippen molar-refractivity contribution in [1.82, 2.24) is 25.4 Å². The summed E-state index contributed by atoms with van der Waals surface area (Å²) in [7, 11) is 3.74. The number of carbonyl (C=O) groups is 1. The standard InChI is InChI=1S/C18H21N7O3/c1-24(2)17-20-15(21-18(22-17)25-7-3-4-8-25)11-19-16(26)12-10-14(28-23-12)13-6-5-9-27-13/h5-6,9-10H,3-4,7-8,11H2,1-2H3,(H,19,26). The zero-order chi connectivity index (χ0) is 19.5. The Labute approximate surface area is 161 Å². The summed E-state index contributed by atoms with van der Waals surface area (Å²) in [6.45, 7) is 2.01. The molecule has 10 nitrogen and oxygen atoms in total. The summed E-state index contributed by atoms with van der Waals surface area (Å²) in [5.41, 5.74) is 0.160. The second-order valence-corrected chi connectivity index (χ2v) is 6.68. The average Bonchev–Trinajstić information content (AvgIpc) is 3.47. The van der Waals surface area contributed by atoms with Gasteiger partial charge in [0.15, 0.2) is 17.3 Å². The molecule has 0 saturated carbocycles. The van der Waals surface area contributed by atoms with Crippen LogP contribution in [0.5, 0.6) is 0 Å². The van der Waals surface area contributed by atoms with E-state index in [-0.39, 0.29) is 18.1 Å². The summed E-state index contributed by atoms with van der Waals surface area (Å²) in [5, 5.41) is 6.57. The topological polar surface area (TPSA) is 113 Å². The molecular formula is C18H21N7O3. The number of carbonyl (C=O) groups excluding carboxylic acids is 1. The molecule has 0 atom stereocenters. The normalized spacial score (nSPS) is 13.7. The number of nitrogens with one attached hydrogen (secondary N) is 1. The number of amides is 1. The molecule has 0 radical (unpaired) electrons. The van der Waals surface area contributed by atoms with Crippen LogP contribution in [0.3, 0.4) is 0 Å². The van der Waals surface area contributed by atoms with Crippen LogP contribution in [-0.2, 0) is 6.54 Å². The zero-order valence-corrected chi connectivity index (χ0v) is 15.8. The molecule has 146 valence electrons. The lowest BCUT2D eigenvalue weighted by Gasteiger charge is -2.18. The van der Waals surface area contributed by atoms with Crippen molar-refractivity contribution >= 4 is 17.8 Å². The Morgan fingerprint density at radius 2 is 2.04 bits per heavy atom. The van der Waals surface area contributed by atoms with Gasteiger partial charge in [-0.05, 0) is 25.0 Å². The number of aromatic nitrogens is 4. The molecule has 28 heavy (non-hydrogen) atoms. The van der Waals surface area contributed by atoms with Gasteiger partial charge in [-0.1, -0.05) is 5.16 Å². The summed E-state index contributed by atoms with van der Waals surface area (Å²) >= 11 is 0. The van der Waals surface area contributed by atoms with Crippen molar-refractivity contribution in [2.75, 3.05) is 37.0 Å². The molecule has 1 amide bonds. The summed E-state index contributed by atoms with van der Waals surface area (Å²) in [5.74, 6) is 2.21. The van der Waals surface area contributed by atoms with Crippen molar-refractivity contribution in [3.8, 4) is 11.5 Å². The van der Waals surface area contributed by atoms with Gasteiger partial charge in [0.1, 0.15) is 0 Å². The fourth-order valence-electron chi connectivity index (χ4n) is 2.90.